The van der Waals surface area contributed by atoms with Crippen molar-refractivity contribution in [3.05, 3.63) is 89.6 Å². The minimum absolute atomic E-state index is 0.0177. The van der Waals surface area contributed by atoms with Crippen LogP contribution >= 0.6 is 0 Å². The fraction of sp³-hybridized carbons (Fsp3) is 0.207. The summed E-state index contributed by atoms with van der Waals surface area (Å²) < 4.78 is 50.6. The minimum atomic E-state index is -4.59. The fourth-order valence-electron chi connectivity index (χ4n) is 6.13. The lowest BCUT2D eigenvalue weighted by atomic mass is 9.84. The molecule has 4 aliphatic rings. The van der Waals surface area contributed by atoms with Crippen LogP contribution in [0.4, 0.5) is 24.5 Å². The van der Waals surface area contributed by atoms with Crippen LogP contribution in [0, 0.1) is 11.8 Å². The van der Waals surface area contributed by atoms with Crippen molar-refractivity contribution in [1.29, 1.82) is 0 Å². The summed E-state index contributed by atoms with van der Waals surface area (Å²) in [5.74, 6) is -2.83. The van der Waals surface area contributed by atoms with Gasteiger partial charge in [-0.1, -0.05) is 30.3 Å². The highest BCUT2D eigenvalue weighted by Gasteiger charge is 2.64. The molecule has 40 heavy (non-hydrogen) atoms. The summed E-state index contributed by atoms with van der Waals surface area (Å²) in [7, 11) is 0. The number of halogens is 3. The van der Waals surface area contributed by atoms with Gasteiger partial charge in [-0.05, 0) is 47.5 Å². The molecule has 0 bridgehead atoms. The maximum absolute atomic E-state index is 14.0. The number of ether oxygens (including phenoxy) is 2. The molecule has 0 saturated carbocycles. The van der Waals surface area contributed by atoms with Gasteiger partial charge < -0.3 is 19.7 Å². The lowest BCUT2D eigenvalue weighted by Crippen LogP contribution is -2.46. The molecule has 3 amide bonds. The Hall–Kier alpha value is -4.80. The molecule has 0 radical (unpaired) electrons. The van der Waals surface area contributed by atoms with Crippen LogP contribution < -0.4 is 19.7 Å². The summed E-state index contributed by atoms with van der Waals surface area (Å²) >= 11 is 0. The van der Waals surface area contributed by atoms with E-state index in [-0.39, 0.29) is 18.2 Å². The lowest BCUT2D eigenvalue weighted by Gasteiger charge is -2.35. The van der Waals surface area contributed by atoms with E-state index in [4.69, 9.17) is 9.47 Å². The Balaban J connectivity index is 1.29. The Morgan fingerprint density at radius 1 is 0.900 bits per heavy atom. The first kappa shape index (κ1) is 24.3. The average Bonchev–Trinajstić information content (AvgIpc) is 3.61. The molecule has 2 saturated heterocycles. The SMILES string of the molecule is O=C(Nc1cccc(C(F)(F)F)c1)[C@@H]1[C@@H]2C(=O)N(c3ccc4c(c3)OCO4)C(=O)[C@H]2[C@@H]2c3ccccc3C=CN12. The average molecular weight is 547 g/mol. The van der Waals surface area contributed by atoms with E-state index in [2.05, 4.69) is 5.32 Å². The second-order valence-corrected chi connectivity index (χ2v) is 9.95. The van der Waals surface area contributed by atoms with E-state index in [1.807, 2.05) is 24.3 Å². The predicted molar refractivity (Wildman–Crippen MR) is 136 cm³/mol. The Morgan fingerprint density at radius 3 is 2.50 bits per heavy atom. The molecule has 0 aliphatic carbocycles. The zero-order valence-corrected chi connectivity index (χ0v) is 20.6. The molecular weight excluding hydrogens is 527 g/mol. The number of amides is 3. The number of hydrogen-bond acceptors (Lipinski definition) is 6. The summed E-state index contributed by atoms with van der Waals surface area (Å²) in [6.07, 6.45) is -1.13. The predicted octanol–water partition coefficient (Wildman–Crippen LogP) is 4.59. The van der Waals surface area contributed by atoms with Crippen molar-refractivity contribution in [1.82, 2.24) is 4.90 Å². The number of imide groups is 1. The van der Waals surface area contributed by atoms with Crippen LogP contribution in [-0.2, 0) is 20.6 Å². The molecule has 1 N–H and O–H groups in total. The maximum atomic E-state index is 14.0. The molecule has 3 aromatic carbocycles. The van der Waals surface area contributed by atoms with E-state index in [0.29, 0.717) is 11.5 Å². The van der Waals surface area contributed by atoms with Gasteiger partial charge in [0, 0.05) is 18.0 Å². The molecule has 3 aromatic rings. The lowest BCUT2D eigenvalue weighted by molar-refractivity contribution is -0.137. The normalized spacial score (nSPS) is 24.2. The Kier molecular flexibility index (Phi) is 5.22. The number of nitrogens with zero attached hydrogens (tertiary/aromatic N) is 2. The number of benzene rings is 3. The van der Waals surface area contributed by atoms with Gasteiger partial charge in [0.15, 0.2) is 11.5 Å². The first-order chi connectivity index (χ1) is 19.2. The van der Waals surface area contributed by atoms with Crippen molar-refractivity contribution >= 4 is 35.2 Å². The van der Waals surface area contributed by atoms with E-state index < -0.39 is 53.4 Å². The zero-order valence-electron chi connectivity index (χ0n) is 20.6. The van der Waals surface area contributed by atoms with Crippen LogP contribution in [0.3, 0.4) is 0 Å². The molecule has 0 spiro atoms. The van der Waals surface area contributed by atoms with Crippen molar-refractivity contribution in [2.45, 2.75) is 18.3 Å². The number of carbonyl (C=O) groups is 3. The van der Waals surface area contributed by atoms with Crippen molar-refractivity contribution in [3.63, 3.8) is 0 Å². The van der Waals surface area contributed by atoms with Crippen molar-refractivity contribution in [2.24, 2.45) is 11.8 Å². The number of nitrogens with one attached hydrogen (secondary N) is 1. The van der Waals surface area contributed by atoms with E-state index in [0.717, 1.165) is 28.2 Å². The highest BCUT2D eigenvalue weighted by molar-refractivity contribution is 6.24. The Labute approximate surface area is 225 Å². The van der Waals surface area contributed by atoms with Gasteiger partial charge in [0.05, 0.1) is 29.1 Å². The maximum Gasteiger partial charge on any atom is 0.416 e. The number of hydrogen-bond donors (Lipinski definition) is 1. The monoisotopic (exact) mass is 547 g/mol. The third-order valence-corrected chi connectivity index (χ3v) is 7.80. The van der Waals surface area contributed by atoms with Crippen molar-refractivity contribution in [3.8, 4) is 11.5 Å². The molecule has 0 aromatic heterocycles. The van der Waals surface area contributed by atoms with Crippen LogP contribution in [0.1, 0.15) is 22.7 Å². The highest BCUT2D eigenvalue weighted by Crippen LogP contribution is 2.53. The summed E-state index contributed by atoms with van der Waals surface area (Å²) in [4.78, 5) is 44.4. The molecule has 11 heteroatoms. The third-order valence-electron chi connectivity index (χ3n) is 7.80. The third kappa shape index (κ3) is 3.57. The molecule has 8 nitrogen and oxygen atoms in total. The molecule has 4 atom stereocenters. The summed E-state index contributed by atoms with van der Waals surface area (Å²) in [5.41, 5.74) is 0.939. The van der Waals surface area contributed by atoms with Crippen molar-refractivity contribution < 1.29 is 37.0 Å². The molecule has 2 fully saturated rings. The quantitative estimate of drug-likeness (QED) is 0.483. The minimum Gasteiger partial charge on any atom is -0.454 e. The van der Waals surface area contributed by atoms with E-state index in [1.165, 1.54) is 12.1 Å². The van der Waals surface area contributed by atoms with Crippen LogP contribution in [0.15, 0.2) is 72.9 Å². The Bertz CT molecular complexity index is 1620. The first-order valence-electron chi connectivity index (χ1n) is 12.5. The van der Waals surface area contributed by atoms with Gasteiger partial charge in [-0.15, -0.1) is 0 Å². The van der Waals surface area contributed by atoms with Gasteiger partial charge in [-0.2, -0.15) is 13.2 Å². The summed E-state index contributed by atoms with van der Waals surface area (Å²) in [5, 5.41) is 2.56. The van der Waals surface area contributed by atoms with Gasteiger partial charge >= 0.3 is 6.18 Å². The van der Waals surface area contributed by atoms with E-state index in [9.17, 15) is 27.6 Å². The van der Waals surface area contributed by atoms with Crippen LogP contribution in [0.5, 0.6) is 11.5 Å². The topological polar surface area (TPSA) is 88.2 Å². The van der Waals surface area contributed by atoms with Gasteiger partial charge in [0.25, 0.3) is 0 Å². The largest absolute Gasteiger partial charge is 0.454 e. The van der Waals surface area contributed by atoms with Crippen LogP contribution in [-0.4, -0.2) is 35.5 Å². The smallest absolute Gasteiger partial charge is 0.416 e. The molecule has 202 valence electrons. The summed E-state index contributed by atoms with van der Waals surface area (Å²) in [6, 6.07) is 14.6. The van der Waals surface area contributed by atoms with Gasteiger partial charge in [0.1, 0.15) is 6.04 Å². The second kappa shape index (κ2) is 8.60. The van der Waals surface area contributed by atoms with Crippen LogP contribution in [0.25, 0.3) is 6.08 Å². The molecule has 7 rings (SSSR count). The number of carbonyl (C=O) groups excluding carboxylic acids is 3. The number of alkyl halides is 3. The highest BCUT2D eigenvalue weighted by atomic mass is 19.4. The Morgan fingerprint density at radius 2 is 1.68 bits per heavy atom. The van der Waals surface area contributed by atoms with Gasteiger partial charge in [-0.25, -0.2) is 4.90 Å². The van der Waals surface area contributed by atoms with Crippen molar-refractivity contribution in [2.75, 3.05) is 17.0 Å². The fourth-order valence-corrected chi connectivity index (χ4v) is 6.13. The molecular formula is C29H20F3N3O5. The standard InChI is InChI=1S/C29H20F3N3O5/c30-29(31,32)16-5-3-6-17(12-16)33-26(36)25-23-22(24-19-7-2-1-4-15(19)10-11-34(24)25)27(37)35(28(23)38)18-8-9-20-21(13-18)40-14-39-20/h1-13,22-25H,14H2,(H,33,36)/t22-,23-,24+,25+/m1/s1. The number of rotatable bonds is 3. The van der Waals surface area contributed by atoms with Gasteiger partial charge in [-0.3, -0.25) is 14.4 Å². The van der Waals surface area contributed by atoms with Crippen LogP contribution in [0.2, 0.25) is 0 Å². The summed E-state index contributed by atoms with van der Waals surface area (Å²) in [6.45, 7) is 0.0177. The molecule has 4 heterocycles. The van der Waals surface area contributed by atoms with E-state index >= 15 is 0 Å². The second-order valence-electron chi connectivity index (χ2n) is 9.95. The number of anilines is 2. The molecule has 0 unspecified atom stereocenters. The van der Waals surface area contributed by atoms with Gasteiger partial charge in [0.2, 0.25) is 24.5 Å². The van der Waals surface area contributed by atoms with E-state index in [1.54, 1.807) is 35.4 Å². The first-order valence-corrected chi connectivity index (χ1v) is 12.5. The molecule has 4 aliphatic heterocycles. The zero-order chi connectivity index (χ0) is 27.8. The number of fused-ring (bicyclic) bond motifs is 6.